The van der Waals surface area contributed by atoms with E-state index in [9.17, 15) is 9.18 Å². The van der Waals surface area contributed by atoms with Crippen LogP contribution in [0.15, 0.2) is 28.2 Å². The van der Waals surface area contributed by atoms with Crippen LogP contribution >= 0.6 is 27.7 Å². The standard InChI is InChI=1S/C13H9BrFN3OS/c1-20-13-17-11(8(6-16)12(19)18-13)10-7(5-14)3-2-4-9(10)15/h2-4H,5H2,1H3,(H,17,18,19). The van der Waals surface area contributed by atoms with Crippen LogP contribution in [0.3, 0.4) is 0 Å². The number of hydrogen-bond donors (Lipinski definition) is 1. The number of nitriles is 1. The minimum atomic E-state index is -0.564. The summed E-state index contributed by atoms with van der Waals surface area (Å²) in [5.74, 6) is -0.511. The first-order valence-corrected chi connectivity index (χ1v) is 7.89. The van der Waals surface area contributed by atoms with E-state index in [0.29, 0.717) is 16.0 Å². The highest BCUT2D eigenvalue weighted by Crippen LogP contribution is 2.29. The Morgan fingerprint density at radius 2 is 2.30 bits per heavy atom. The van der Waals surface area contributed by atoms with Gasteiger partial charge in [-0.15, -0.1) is 0 Å². The van der Waals surface area contributed by atoms with Crippen molar-refractivity contribution in [1.29, 1.82) is 5.26 Å². The molecular formula is C13H9BrFN3OS. The Balaban J connectivity index is 2.86. The van der Waals surface area contributed by atoms with Crippen LogP contribution in [0.2, 0.25) is 0 Å². The lowest BCUT2D eigenvalue weighted by Crippen LogP contribution is -2.15. The topological polar surface area (TPSA) is 69.5 Å². The fraction of sp³-hybridized carbons (Fsp3) is 0.154. The van der Waals surface area contributed by atoms with Gasteiger partial charge in [0.25, 0.3) is 5.56 Å². The monoisotopic (exact) mass is 353 g/mol. The largest absolute Gasteiger partial charge is 0.300 e. The van der Waals surface area contributed by atoms with E-state index in [4.69, 9.17) is 5.26 Å². The maximum atomic E-state index is 14.1. The molecule has 1 heterocycles. The van der Waals surface area contributed by atoms with Crippen LogP contribution in [-0.2, 0) is 5.33 Å². The minimum Gasteiger partial charge on any atom is -0.300 e. The van der Waals surface area contributed by atoms with Crippen molar-refractivity contribution in [3.63, 3.8) is 0 Å². The molecule has 102 valence electrons. The third kappa shape index (κ3) is 2.62. The number of hydrogen-bond acceptors (Lipinski definition) is 4. The van der Waals surface area contributed by atoms with Crippen LogP contribution in [0.1, 0.15) is 11.1 Å². The second-order valence-electron chi connectivity index (χ2n) is 3.82. The fourth-order valence-electron chi connectivity index (χ4n) is 1.78. The summed E-state index contributed by atoms with van der Waals surface area (Å²) in [5.41, 5.74) is 0.142. The van der Waals surface area contributed by atoms with E-state index in [1.54, 1.807) is 24.5 Å². The second kappa shape index (κ2) is 6.20. The first kappa shape index (κ1) is 14.8. The Morgan fingerprint density at radius 1 is 1.55 bits per heavy atom. The van der Waals surface area contributed by atoms with Gasteiger partial charge in [-0.1, -0.05) is 39.8 Å². The molecule has 0 saturated carbocycles. The van der Waals surface area contributed by atoms with Crippen LogP contribution in [0, 0.1) is 17.1 Å². The van der Waals surface area contributed by atoms with E-state index in [1.807, 2.05) is 0 Å². The average molecular weight is 354 g/mol. The SMILES string of the molecule is CSc1nc(-c2c(F)cccc2CBr)c(C#N)c(=O)[nH]1. The fourth-order valence-corrected chi connectivity index (χ4v) is 2.62. The van der Waals surface area contributed by atoms with Gasteiger partial charge in [-0.05, 0) is 17.9 Å². The minimum absolute atomic E-state index is 0.0770. The maximum Gasteiger partial charge on any atom is 0.270 e. The number of halogens is 2. The molecule has 0 saturated heterocycles. The van der Waals surface area contributed by atoms with Gasteiger partial charge in [0.05, 0.1) is 5.69 Å². The zero-order valence-electron chi connectivity index (χ0n) is 10.4. The molecule has 1 N–H and O–H groups in total. The molecule has 20 heavy (non-hydrogen) atoms. The Bertz CT molecular complexity index is 754. The van der Waals surface area contributed by atoms with Crippen molar-refractivity contribution in [1.82, 2.24) is 9.97 Å². The van der Waals surface area contributed by atoms with Crippen LogP contribution in [0.4, 0.5) is 4.39 Å². The highest BCUT2D eigenvalue weighted by molar-refractivity contribution is 9.08. The number of rotatable bonds is 3. The number of H-pyrrole nitrogens is 1. The molecule has 0 amide bonds. The van der Waals surface area contributed by atoms with Gasteiger partial charge < -0.3 is 4.98 Å². The van der Waals surface area contributed by atoms with Crippen LogP contribution in [0.5, 0.6) is 0 Å². The van der Waals surface area contributed by atoms with Crippen molar-refractivity contribution in [2.24, 2.45) is 0 Å². The molecule has 0 aliphatic rings. The summed E-state index contributed by atoms with van der Waals surface area (Å²) in [4.78, 5) is 18.5. The highest BCUT2D eigenvalue weighted by Gasteiger charge is 2.19. The Hall–Kier alpha value is -1.65. The number of benzene rings is 1. The van der Waals surface area contributed by atoms with Crippen LogP contribution in [0.25, 0.3) is 11.3 Å². The molecule has 0 aliphatic heterocycles. The summed E-state index contributed by atoms with van der Waals surface area (Å²) in [7, 11) is 0. The predicted molar refractivity (Wildman–Crippen MR) is 79.4 cm³/mol. The van der Waals surface area contributed by atoms with Crippen LogP contribution < -0.4 is 5.56 Å². The Morgan fingerprint density at radius 3 is 2.90 bits per heavy atom. The van der Waals surface area contributed by atoms with Gasteiger partial charge in [-0.25, -0.2) is 9.37 Å². The molecule has 2 rings (SSSR count). The highest BCUT2D eigenvalue weighted by atomic mass is 79.9. The number of aromatic amines is 1. The Kier molecular flexibility index (Phi) is 4.57. The van der Waals surface area contributed by atoms with E-state index in [2.05, 4.69) is 25.9 Å². The number of thioether (sulfide) groups is 1. The van der Waals surface area contributed by atoms with E-state index in [-0.39, 0.29) is 16.8 Å². The summed E-state index contributed by atoms with van der Waals surface area (Å²) in [6.45, 7) is 0. The first-order chi connectivity index (χ1) is 9.62. The predicted octanol–water partition coefficient (Wildman–Crippen LogP) is 3.06. The normalized spacial score (nSPS) is 10.3. The van der Waals surface area contributed by atoms with Gasteiger partial charge in [0.2, 0.25) is 0 Å². The summed E-state index contributed by atoms with van der Waals surface area (Å²) in [6.07, 6.45) is 1.74. The molecule has 0 atom stereocenters. The van der Waals surface area contributed by atoms with E-state index in [1.165, 1.54) is 17.8 Å². The van der Waals surface area contributed by atoms with Crippen molar-refractivity contribution in [3.05, 3.63) is 45.5 Å². The van der Waals surface area contributed by atoms with Crippen molar-refractivity contribution >= 4 is 27.7 Å². The molecular weight excluding hydrogens is 345 g/mol. The first-order valence-electron chi connectivity index (χ1n) is 5.54. The third-order valence-electron chi connectivity index (χ3n) is 2.68. The van der Waals surface area contributed by atoms with Crippen molar-refractivity contribution in [3.8, 4) is 17.3 Å². The van der Waals surface area contributed by atoms with E-state index < -0.39 is 11.4 Å². The van der Waals surface area contributed by atoms with E-state index >= 15 is 0 Å². The van der Waals surface area contributed by atoms with Crippen molar-refractivity contribution in [2.45, 2.75) is 10.5 Å². The molecule has 0 aliphatic carbocycles. The second-order valence-corrected chi connectivity index (χ2v) is 5.17. The summed E-state index contributed by atoms with van der Waals surface area (Å²) in [5, 5.41) is 9.87. The summed E-state index contributed by atoms with van der Waals surface area (Å²) < 4.78 is 14.1. The van der Waals surface area contributed by atoms with Crippen molar-refractivity contribution < 1.29 is 4.39 Å². The number of nitrogens with one attached hydrogen (secondary N) is 1. The smallest absolute Gasteiger partial charge is 0.270 e. The van der Waals surface area contributed by atoms with Gasteiger partial charge in [-0.2, -0.15) is 5.26 Å². The lowest BCUT2D eigenvalue weighted by molar-refractivity contribution is 0.629. The summed E-state index contributed by atoms with van der Waals surface area (Å²) in [6, 6.07) is 6.37. The molecule has 0 fully saturated rings. The number of nitrogens with zero attached hydrogens (tertiary/aromatic N) is 2. The van der Waals surface area contributed by atoms with Gasteiger partial charge >= 0.3 is 0 Å². The van der Waals surface area contributed by atoms with Gasteiger partial charge in [0, 0.05) is 10.9 Å². The molecule has 0 spiro atoms. The average Bonchev–Trinajstić information content (AvgIpc) is 2.46. The number of alkyl halides is 1. The molecule has 0 unspecified atom stereocenters. The zero-order chi connectivity index (χ0) is 14.7. The van der Waals surface area contributed by atoms with Gasteiger partial charge in [0.15, 0.2) is 5.16 Å². The number of aromatic nitrogens is 2. The van der Waals surface area contributed by atoms with E-state index in [0.717, 1.165) is 0 Å². The van der Waals surface area contributed by atoms with Crippen molar-refractivity contribution in [2.75, 3.05) is 6.26 Å². The molecule has 1 aromatic carbocycles. The Labute approximate surface area is 127 Å². The van der Waals surface area contributed by atoms with Gasteiger partial charge in [-0.3, -0.25) is 4.79 Å². The lowest BCUT2D eigenvalue weighted by Gasteiger charge is -2.10. The molecule has 0 bridgehead atoms. The molecule has 1 aromatic heterocycles. The lowest BCUT2D eigenvalue weighted by atomic mass is 10.0. The quantitative estimate of drug-likeness (QED) is 0.523. The summed E-state index contributed by atoms with van der Waals surface area (Å²) >= 11 is 4.49. The zero-order valence-corrected chi connectivity index (χ0v) is 12.8. The molecule has 2 aromatic rings. The molecule has 4 nitrogen and oxygen atoms in total. The maximum absolute atomic E-state index is 14.1. The van der Waals surface area contributed by atoms with Gasteiger partial charge in [0.1, 0.15) is 17.4 Å². The molecule has 7 heteroatoms. The third-order valence-corrected chi connectivity index (χ3v) is 3.87. The molecule has 0 radical (unpaired) electrons. The van der Waals surface area contributed by atoms with Crippen LogP contribution in [-0.4, -0.2) is 16.2 Å².